The molecule has 6 nitrogen and oxygen atoms in total. The van der Waals surface area contributed by atoms with Crippen LogP contribution in [0.25, 0.3) is 11.4 Å². The molecule has 6 heteroatoms. The maximum absolute atomic E-state index is 12.0. The van der Waals surface area contributed by atoms with E-state index in [2.05, 4.69) is 80.8 Å². The number of fused-ring (bicyclic) bond motifs is 1. The van der Waals surface area contributed by atoms with Gasteiger partial charge >= 0.3 is 0 Å². The fourth-order valence-corrected chi connectivity index (χ4v) is 5.52. The lowest BCUT2D eigenvalue weighted by Gasteiger charge is -2.38. The molecule has 0 spiro atoms. The molecule has 1 aromatic heterocycles. The Kier molecular flexibility index (Phi) is 6.93. The summed E-state index contributed by atoms with van der Waals surface area (Å²) < 4.78 is 0. The molecule has 37 heavy (non-hydrogen) atoms. The van der Waals surface area contributed by atoms with Crippen LogP contribution in [0.15, 0.2) is 36.4 Å². The molecule has 1 fully saturated rings. The van der Waals surface area contributed by atoms with E-state index in [4.69, 9.17) is 9.97 Å². The van der Waals surface area contributed by atoms with Gasteiger partial charge in [0.15, 0.2) is 5.82 Å². The molecule has 2 aliphatic heterocycles. The molecule has 0 atom stereocenters. The number of hydrogen-bond acceptors (Lipinski definition) is 5. The normalized spacial score (nSPS) is 15.8. The molecule has 0 bridgehead atoms. The summed E-state index contributed by atoms with van der Waals surface area (Å²) in [6.45, 7) is 17.4. The topological polar surface area (TPSA) is 52.6 Å². The number of amides is 1. The van der Waals surface area contributed by atoms with Crippen LogP contribution in [0.1, 0.15) is 60.2 Å². The second-order valence-corrected chi connectivity index (χ2v) is 11.0. The summed E-state index contributed by atoms with van der Waals surface area (Å²) in [5.41, 5.74) is 9.87. The Balaban J connectivity index is 1.56. The van der Waals surface area contributed by atoms with Crippen molar-refractivity contribution in [2.24, 2.45) is 0 Å². The van der Waals surface area contributed by atoms with Gasteiger partial charge in [-0.05, 0) is 55.5 Å². The van der Waals surface area contributed by atoms with Gasteiger partial charge in [-0.1, -0.05) is 43.7 Å². The van der Waals surface area contributed by atoms with Crippen molar-refractivity contribution in [2.75, 3.05) is 42.5 Å². The van der Waals surface area contributed by atoms with Crippen molar-refractivity contribution >= 4 is 17.4 Å². The van der Waals surface area contributed by atoms with Gasteiger partial charge in [-0.3, -0.25) is 4.79 Å². The number of aromatic nitrogens is 2. The zero-order valence-corrected chi connectivity index (χ0v) is 23.1. The molecule has 5 rings (SSSR count). The smallest absolute Gasteiger partial charge is 0.219 e. The summed E-state index contributed by atoms with van der Waals surface area (Å²) >= 11 is 0. The number of carbonyl (C=O) groups excluding carboxylic acids is 1. The molecule has 3 heterocycles. The minimum Gasteiger partial charge on any atom is -0.366 e. The van der Waals surface area contributed by atoms with E-state index < -0.39 is 0 Å². The Hall–Kier alpha value is -3.41. The van der Waals surface area contributed by atoms with E-state index >= 15 is 0 Å². The summed E-state index contributed by atoms with van der Waals surface area (Å²) in [6.07, 6.45) is 0.890. The molecule has 0 unspecified atom stereocenters. The molecular formula is C31H39N5O. The van der Waals surface area contributed by atoms with E-state index in [1.807, 2.05) is 4.90 Å². The van der Waals surface area contributed by atoms with Crippen LogP contribution in [0.4, 0.5) is 11.5 Å². The molecule has 0 aliphatic carbocycles. The van der Waals surface area contributed by atoms with Crippen LogP contribution < -0.4 is 9.80 Å². The first-order chi connectivity index (χ1) is 17.7. The van der Waals surface area contributed by atoms with Crippen molar-refractivity contribution < 1.29 is 4.79 Å². The third-order valence-corrected chi connectivity index (χ3v) is 7.94. The van der Waals surface area contributed by atoms with Crippen molar-refractivity contribution in [2.45, 2.75) is 60.4 Å². The van der Waals surface area contributed by atoms with Gasteiger partial charge in [0, 0.05) is 69.4 Å². The molecular weight excluding hydrogens is 458 g/mol. The van der Waals surface area contributed by atoms with Gasteiger partial charge < -0.3 is 14.7 Å². The molecule has 1 saturated heterocycles. The van der Waals surface area contributed by atoms with Gasteiger partial charge in [-0.25, -0.2) is 9.97 Å². The highest BCUT2D eigenvalue weighted by atomic mass is 16.2. The summed E-state index contributed by atoms with van der Waals surface area (Å²) in [7, 11) is 0. The Morgan fingerprint density at radius 1 is 0.865 bits per heavy atom. The lowest BCUT2D eigenvalue weighted by Crippen LogP contribution is -2.49. The highest BCUT2D eigenvalue weighted by molar-refractivity contribution is 5.74. The van der Waals surface area contributed by atoms with E-state index in [1.54, 1.807) is 6.92 Å². The lowest BCUT2D eigenvalue weighted by molar-refractivity contribution is -0.129. The Bertz CT molecular complexity index is 1320. The molecule has 3 aromatic rings. The lowest BCUT2D eigenvalue weighted by atomic mass is 9.98. The fourth-order valence-electron chi connectivity index (χ4n) is 5.52. The third-order valence-electron chi connectivity index (χ3n) is 7.94. The number of rotatable bonds is 4. The Morgan fingerprint density at radius 2 is 1.59 bits per heavy atom. The quantitative estimate of drug-likeness (QED) is 0.482. The fraction of sp³-hybridized carbons (Fsp3) is 0.452. The summed E-state index contributed by atoms with van der Waals surface area (Å²) in [5, 5.41) is 0. The molecule has 1 amide bonds. The van der Waals surface area contributed by atoms with Crippen LogP contribution in [0.3, 0.4) is 0 Å². The van der Waals surface area contributed by atoms with E-state index in [-0.39, 0.29) is 5.91 Å². The molecule has 0 N–H and O–H groups in total. The third kappa shape index (κ3) is 5.07. The average molecular weight is 498 g/mol. The highest BCUT2D eigenvalue weighted by Gasteiger charge is 2.29. The number of benzene rings is 2. The first kappa shape index (κ1) is 25.2. The number of anilines is 2. The van der Waals surface area contributed by atoms with E-state index in [0.29, 0.717) is 5.92 Å². The highest BCUT2D eigenvalue weighted by Crippen LogP contribution is 2.35. The monoisotopic (exact) mass is 497 g/mol. The molecule has 2 aromatic carbocycles. The number of carbonyl (C=O) groups is 1. The Labute approximate surface area is 221 Å². The van der Waals surface area contributed by atoms with E-state index in [9.17, 15) is 4.79 Å². The van der Waals surface area contributed by atoms with Crippen LogP contribution in [-0.2, 0) is 17.8 Å². The number of nitrogens with zero attached hydrogens (tertiary/aromatic N) is 5. The van der Waals surface area contributed by atoms with Crippen molar-refractivity contribution in [1.82, 2.24) is 14.9 Å². The van der Waals surface area contributed by atoms with Crippen LogP contribution in [0.5, 0.6) is 0 Å². The zero-order chi connectivity index (χ0) is 26.3. The van der Waals surface area contributed by atoms with Crippen LogP contribution in [0, 0.1) is 20.8 Å². The van der Waals surface area contributed by atoms with Crippen LogP contribution >= 0.6 is 0 Å². The maximum atomic E-state index is 12.0. The summed E-state index contributed by atoms with van der Waals surface area (Å²) in [4.78, 5) is 29.2. The van der Waals surface area contributed by atoms with Crippen molar-refractivity contribution in [1.29, 1.82) is 0 Å². The number of piperazine rings is 1. The Morgan fingerprint density at radius 3 is 2.30 bits per heavy atom. The van der Waals surface area contributed by atoms with Gasteiger partial charge in [-0.2, -0.15) is 0 Å². The first-order valence-electron chi connectivity index (χ1n) is 13.5. The SMILES string of the molecule is CC(=O)N1CCN(c2nc(-c3cc(C)ccc3C)nc3c2CN(c2cc(C(C)C)ccc2C)CC3)CC1. The largest absolute Gasteiger partial charge is 0.366 e. The molecule has 2 aliphatic rings. The number of hydrogen-bond donors (Lipinski definition) is 0. The molecule has 194 valence electrons. The van der Waals surface area contributed by atoms with E-state index in [0.717, 1.165) is 68.6 Å². The predicted octanol–water partition coefficient (Wildman–Crippen LogP) is 5.42. The summed E-state index contributed by atoms with van der Waals surface area (Å²) in [6, 6.07) is 13.4. The molecule has 0 saturated carbocycles. The summed E-state index contributed by atoms with van der Waals surface area (Å²) in [5.74, 6) is 2.49. The van der Waals surface area contributed by atoms with Crippen LogP contribution in [0.2, 0.25) is 0 Å². The second-order valence-electron chi connectivity index (χ2n) is 11.0. The molecule has 0 radical (unpaired) electrons. The standard InChI is InChI=1S/C31H39N5O/c1-20(2)25-10-9-23(5)29(18-25)36-12-11-28-27(19-36)31(35-15-13-34(14-16-35)24(6)37)33-30(32-28)26-17-21(3)7-8-22(26)4/h7-10,17-18,20H,11-16,19H2,1-6H3. The van der Waals surface area contributed by atoms with Crippen molar-refractivity contribution in [3.63, 3.8) is 0 Å². The van der Waals surface area contributed by atoms with Crippen molar-refractivity contribution in [3.8, 4) is 11.4 Å². The van der Waals surface area contributed by atoms with Gasteiger partial charge in [0.25, 0.3) is 0 Å². The maximum Gasteiger partial charge on any atom is 0.219 e. The van der Waals surface area contributed by atoms with Crippen LogP contribution in [-0.4, -0.2) is 53.5 Å². The first-order valence-corrected chi connectivity index (χ1v) is 13.5. The average Bonchev–Trinajstić information content (AvgIpc) is 2.89. The minimum atomic E-state index is 0.145. The second kappa shape index (κ2) is 10.2. The van der Waals surface area contributed by atoms with Crippen molar-refractivity contribution in [3.05, 3.63) is 69.9 Å². The van der Waals surface area contributed by atoms with E-state index in [1.165, 1.54) is 33.5 Å². The zero-order valence-electron chi connectivity index (χ0n) is 23.1. The minimum absolute atomic E-state index is 0.145. The predicted molar refractivity (Wildman–Crippen MR) is 151 cm³/mol. The van der Waals surface area contributed by atoms with Gasteiger partial charge in [-0.15, -0.1) is 0 Å². The number of aryl methyl sites for hydroxylation is 3. The van der Waals surface area contributed by atoms with Gasteiger partial charge in [0.2, 0.25) is 5.91 Å². The van der Waals surface area contributed by atoms with Gasteiger partial charge in [0.05, 0.1) is 5.69 Å². The van der Waals surface area contributed by atoms with Gasteiger partial charge in [0.1, 0.15) is 5.82 Å².